The smallest absolute Gasteiger partial charge is 0.234 e. The van der Waals surface area contributed by atoms with Gasteiger partial charge < -0.3 is 10.6 Å². The molecule has 0 aliphatic carbocycles. The van der Waals surface area contributed by atoms with Crippen LogP contribution in [0.4, 0.5) is 5.69 Å². The van der Waals surface area contributed by atoms with Gasteiger partial charge in [0.2, 0.25) is 11.8 Å². The predicted octanol–water partition coefficient (Wildman–Crippen LogP) is 2.97. The lowest BCUT2D eigenvalue weighted by molar-refractivity contribution is -0.125. The van der Waals surface area contributed by atoms with Crippen LogP contribution < -0.4 is 10.6 Å². The van der Waals surface area contributed by atoms with E-state index in [4.69, 9.17) is 0 Å². The third-order valence-electron chi connectivity index (χ3n) is 4.40. The summed E-state index contributed by atoms with van der Waals surface area (Å²) in [7, 11) is 0. The summed E-state index contributed by atoms with van der Waals surface area (Å²) in [6.45, 7) is 8.40. The Balaban J connectivity index is 2.09. The van der Waals surface area contributed by atoms with Crippen LogP contribution in [0.2, 0.25) is 0 Å². The summed E-state index contributed by atoms with van der Waals surface area (Å²) in [5.74, 6) is 0.212. The van der Waals surface area contributed by atoms with Crippen molar-refractivity contribution in [3.05, 3.63) is 29.3 Å². The van der Waals surface area contributed by atoms with Crippen molar-refractivity contribution >= 4 is 17.5 Å². The number of anilines is 1. The molecule has 1 aromatic carbocycles. The van der Waals surface area contributed by atoms with Gasteiger partial charge in [0, 0.05) is 18.2 Å². The molecule has 0 aromatic heterocycles. The van der Waals surface area contributed by atoms with E-state index in [1.807, 2.05) is 45.9 Å². The molecule has 0 saturated carbocycles. The van der Waals surface area contributed by atoms with Gasteiger partial charge in [-0.2, -0.15) is 0 Å². The highest BCUT2D eigenvalue weighted by molar-refractivity contribution is 6.05. The van der Waals surface area contributed by atoms with Crippen molar-refractivity contribution in [2.45, 2.75) is 52.5 Å². The first-order valence-electron chi connectivity index (χ1n) is 7.62. The Kier molecular flexibility index (Phi) is 4.35. The summed E-state index contributed by atoms with van der Waals surface area (Å²) in [6, 6.07) is 5.88. The molecule has 0 bridgehead atoms. The predicted molar refractivity (Wildman–Crippen MR) is 84.0 cm³/mol. The fraction of sp³-hybridized carbons (Fsp3) is 0.529. The summed E-state index contributed by atoms with van der Waals surface area (Å²) in [5.41, 5.74) is 2.39. The molecule has 4 heteroatoms. The van der Waals surface area contributed by atoms with Crippen molar-refractivity contribution in [2.24, 2.45) is 5.92 Å². The molecule has 21 heavy (non-hydrogen) atoms. The third kappa shape index (κ3) is 2.94. The van der Waals surface area contributed by atoms with E-state index in [0.717, 1.165) is 29.7 Å². The maximum absolute atomic E-state index is 12.0. The second-order valence-electron chi connectivity index (χ2n) is 6.19. The van der Waals surface area contributed by atoms with Crippen LogP contribution >= 0.6 is 0 Å². The van der Waals surface area contributed by atoms with Crippen LogP contribution in [-0.4, -0.2) is 11.8 Å². The van der Waals surface area contributed by atoms with Crippen LogP contribution in [0.15, 0.2) is 18.2 Å². The minimum atomic E-state index is -0.509. The molecular formula is C17H24N2O2. The van der Waals surface area contributed by atoms with Gasteiger partial charge in [-0.25, -0.2) is 0 Å². The summed E-state index contributed by atoms with van der Waals surface area (Å²) >= 11 is 0. The number of carbonyl (C=O) groups is 2. The Morgan fingerprint density at radius 2 is 1.95 bits per heavy atom. The monoisotopic (exact) mass is 288 g/mol. The second-order valence-corrected chi connectivity index (χ2v) is 6.19. The topological polar surface area (TPSA) is 58.2 Å². The minimum Gasteiger partial charge on any atom is -0.352 e. The number of benzene rings is 1. The molecule has 1 aromatic rings. The summed E-state index contributed by atoms with van der Waals surface area (Å²) < 4.78 is 0. The Hall–Kier alpha value is -1.84. The fourth-order valence-corrected chi connectivity index (χ4v) is 2.72. The molecule has 0 unspecified atom stereocenters. The average Bonchev–Trinajstić information content (AvgIpc) is 2.68. The van der Waals surface area contributed by atoms with Gasteiger partial charge in [-0.15, -0.1) is 0 Å². The van der Waals surface area contributed by atoms with E-state index in [9.17, 15) is 9.59 Å². The van der Waals surface area contributed by atoms with Gasteiger partial charge in [0.25, 0.3) is 0 Å². The number of fused-ring (bicyclic) bond motifs is 1. The number of amides is 2. The lowest BCUT2D eigenvalue weighted by atomic mass is 9.85. The first-order chi connectivity index (χ1) is 9.90. The molecule has 0 radical (unpaired) electrons. The molecule has 1 aliphatic heterocycles. The van der Waals surface area contributed by atoms with Crippen molar-refractivity contribution in [1.29, 1.82) is 0 Å². The molecule has 114 valence electrons. The van der Waals surface area contributed by atoms with E-state index >= 15 is 0 Å². The Bertz CT molecular complexity index is 560. The minimum absolute atomic E-state index is 0.0238. The molecule has 2 rings (SSSR count). The highest BCUT2D eigenvalue weighted by atomic mass is 16.2. The summed E-state index contributed by atoms with van der Waals surface area (Å²) in [6.07, 6.45) is 1.72. The number of rotatable bonds is 5. The molecule has 2 amide bonds. The van der Waals surface area contributed by atoms with Crippen LogP contribution in [-0.2, 0) is 21.5 Å². The van der Waals surface area contributed by atoms with Crippen LogP contribution in [0.3, 0.4) is 0 Å². The molecule has 4 nitrogen and oxygen atoms in total. The second kappa shape index (κ2) is 5.88. The molecule has 0 atom stereocenters. The number of carbonyl (C=O) groups excluding carboxylic acids is 2. The zero-order valence-corrected chi connectivity index (χ0v) is 13.2. The van der Waals surface area contributed by atoms with E-state index in [0.29, 0.717) is 6.54 Å². The van der Waals surface area contributed by atoms with Crippen molar-refractivity contribution in [2.75, 3.05) is 5.32 Å². The van der Waals surface area contributed by atoms with Gasteiger partial charge in [0.05, 0.1) is 5.41 Å². The number of hydrogen-bond donors (Lipinski definition) is 2. The van der Waals surface area contributed by atoms with Crippen molar-refractivity contribution in [3.8, 4) is 0 Å². The summed E-state index contributed by atoms with van der Waals surface area (Å²) in [4.78, 5) is 23.9. The van der Waals surface area contributed by atoms with E-state index < -0.39 is 5.41 Å². The zero-order valence-electron chi connectivity index (χ0n) is 13.2. The van der Waals surface area contributed by atoms with E-state index in [1.54, 1.807) is 0 Å². The number of hydrogen-bond acceptors (Lipinski definition) is 2. The van der Waals surface area contributed by atoms with Crippen molar-refractivity contribution < 1.29 is 9.59 Å². The standard InChI is InChI=1S/C17H24N2O2/c1-5-12(6-2)15(20)18-10-11-7-8-14-13(9-11)17(3,4)16(21)19-14/h7-9,12H,5-6,10H2,1-4H3,(H,18,20)(H,19,21). The molecule has 0 fully saturated rings. The third-order valence-corrected chi connectivity index (χ3v) is 4.40. The maximum atomic E-state index is 12.0. The first kappa shape index (κ1) is 15.5. The van der Waals surface area contributed by atoms with Gasteiger partial charge in [-0.1, -0.05) is 26.0 Å². The summed E-state index contributed by atoms with van der Waals surface area (Å²) in [5, 5.41) is 5.88. The van der Waals surface area contributed by atoms with Gasteiger partial charge in [0.1, 0.15) is 0 Å². The highest BCUT2D eigenvalue weighted by Gasteiger charge is 2.38. The van der Waals surface area contributed by atoms with E-state index in [1.165, 1.54) is 0 Å². The quantitative estimate of drug-likeness (QED) is 0.875. The van der Waals surface area contributed by atoms with Gasteiger partial charge in [0.15, 0.2) is 0 Å². The SMILES string of the molecule is CCC(CC)C(=O)NCc1ccc2c(c1)C(C)(C)C(=O)N2. The maximum Gasteiger partial charge on any atom is 0.234 e. The van der Waals surface area contributed by atoms with Gasteiger partial charge in [-0.05, 0) is 43.9 Å². The molecule has 1 aliphatic rings. The van der Waals surface area contributed by atoms with Crippen LogP contribution in [0, 0.1) is 5.92 Å². The van der Waals surface area contributed by atoms with Crippen LogP contribution in [0.1, 0.15) is 51.7 Å². The first-order valence-corrected chi connectivity index (χ1v) is 7.62. The normalized spacial score (nSPS) is 15.8. The molecule has 1 heterocycles. The molecular weight excluding hydrogens is 264 g/mol. The highest BCUT2D eigenvalue weighted by Crippen LogP contribution is 2.37. The number of nitrogens with one attached hydrogen (secondary N) is 2. The largest absolute Gasteiger partial charge is 0.352 e. The Labute approximate surface area is 126 Å². The van der Waals surface area contributed by atoms with Gasteiger partial charge in [-0.3, -0.25) is 9.59 Å². The Morgan fingerprint density at radius 1 is 1.29 bits per heavy atom. The zero-order chi connectivity index (χ0) is 15.6. The average molecular weight is 288 g/mol. The van der Waals surface area contributed by atoms with Crippen LogP contribution in [0.5, 0.6) is 0 Å². The Morgan fingerprint density at radius 3 is 2.57 bits per heavy atom. The van der Waals surface area contributed by atoms with E-state index in [2.05, 4.69) is 10.6 Å². The van der Waals surface area contributed by atoms with Crippen molar-refractivity contribution in [3.63, 3.8) is 0 Å². The van der Waals surface area contributed by atoms with Crippen LogP contribution in [0.25, 0.3) is 0 Å². The van der Waals surface area contributed by atoms with E-state index in [-0.39, 0.29) is 17.7 Å². The molecule has 0 spiro atoms. The van der Waals surface area contributed by atoms with Gasteiger partial charge >= 0.3 is 0 Å². The lowest BCUT2D eigenvalue weighted by Gasteiger charge is -2.17. The fourth-order valence-electron chi connectivity index (χ4n) is 2.72. The molecule has 0 saturated heterocycles. The van der Waals surface area contributed by atoms with Crippen molar-refractivity contribution in [1.82, 2.24) is 5.32 Å². The lowest BCUT2D eigenvalue weighted by Crippen LogP contribution is -2.30. The molecule has 2 N–H and O–H groups in total.